The number of hydrogen-bond acceptors (Lipinski definition) is 8. The number of ether oxygens (including phenoxy) is 3. The average molecular weight is 547 g/mol. The molecule has 0 saturated carbocycles. The number of benzene rings is 3. The molecule has 208 valence electrons. The second-order valence-electron chi connectivity index (χ2n) is 9.51. The van der Waals surface area contributed by atoms with Gasteiger partial charge in [0.15, 0.2) is 6.23 Å². The Morgan fingerprint density at radius 3 is 1.93 bits per heavy atom. The Kier molecular flexibility index (Phi) is 7.97. The summed E-state index contributed by atoms with van der Waals surface area (Å²) in [5.74, 6) is 0.663. The first-order valence-corrected chi connectivity index (χ1v) is 12.8. The molecule has 1 aliphatic rings. The van der Waals surface area contributed by atoms with Crippen LogP contribution in [0.15, 0.2) is 107 Å². The molecule has 4 N–H and O–H groups in total. The van der Waals surface area contributed by atoms with Crippen LogP contribution >= 0.6 is 0 Å². The zero-order valence-corrected chi connectivity index (χ0v) is 21.7. The maximum absolute atomic E-state index is 12.4. The van der Waals surface area contributed by atoms with Crippen molar-refractivity contribution in [1.29, 1.82) is 0 Å². The molecular formula is C30H30N2O8. The lowest BCUT2D eigenvalue weighted by atomic mass is 9.80. The van der Waals surface area contributed by atoms with Crippen LogP contribution in [-0.4, -0.2) is 63.0 Å². The van der Waals surface area contributed by atoms with E-state index in [1.165, 1.54) is 0 Å². The van der Waals surface area contributed by atoms with E-state index in [0.29, 0.717) is 5.75 Å². The SMILES string of the molecule is COc1ccc(C(OC[C@H]2O[C@@H](n3ccc(=O)[nH]c3=O)[C@H](O)[C@@H](O)[C@@H]2O)(c2ccccc2)c2ccccc2)cc1. The summed E-state index contributed by atoms with van der Waals surface area (Å²) >= 11 is 0. The molecule has 5 rings (SSSR count). The van der Waals surface area contributed by atoms with Gasteiger partial charge in [-0.1, -0.05) is 72.8 Å². The molecule has 0 amide bonds. The van der Waals surface area contributed by atoms with Gasteiger partial charge in [-0.05, 0) is 28.8 Å². The second-order valence-corrected chi connectivity index (χ2v) is 9.51. The molecule has 0 spiro atoms. The molecule has 4 aromatic rings. The van der Waals surface area contributed by atoms with E-state index >= 15 is 0 Å². The largest absolute Gasteiger partial charge is 0.497 e. The van der Waals surface area contributed by atoms with Crippen molar-refractivity contribution in [1.82, 2.24) is 9.55 Å². The molecule has 0 bridgehead atoms. The van der Waals surface area contributed by atoms with Crippen molar-refractivity contribution in [2.75, 3.05) is 13.7 Å². The van der Waals surface area contributed by atoms with Crippen LogP contribution in [0.4, 0.5) is 0 Å². The van der Waals surface area contributed by atoms with Gasteiger partial charge in [0.1, 0.15) is 35.8 Å². The van der Waals surface area contributed by atoms with Crippen molar-refractivity contribution in [3.63, 3.8) is 0 Å². The van der Waals surface area contributed by atoms with Crippen molar-refractivity contribution < 1.29 is 29.5 Å². The second kappa shape index (κ2) is 11.6. The first-order valence-electron chi connectivity index (χ1n) is 12.8. The smallest absolute Gasteiger partial charge is 0.330 e. The summed E-state index contributed by atoms with van der Waals surface area (Å²) in [6.45, 7) is -0.241. The Hall–Kier alpha value is -4.06. The number of methoxy groups -OCH3 is 1. The van der Waals surface area contributed by atoms with E-state index in [4.69, 9.17) is 14.2 Å². The minimum absolute atomic E-state index is 0.241. The van der Waals surface area contributed by atoms with Gasteiger partial charge in [0.05, 0.1) is 13.7 Å². The Balaban J connectivity index is 1.56. The maximum Gasteiger partial charge on any atom is 0.330 e. The van der Waals surface area contributed by atoms with E-state index in [2.05, 4.69) is 4.98 Å². The molecule has 10 heteroatoms. The summed E-state index contributed by atoms with van der Waals surface area (Å²) in [4.78, 5) is 26.1. The highest BCUT2D eigenvalue weighted by atomic mass is 16.6. The van der Waals surface area contributed by atoms with Crippen molar-refractivity contribution in [3.8, 4) is 5.75 Å². The lowest BCUT2D eigenvalue weighted by molar-refractivity contribution is -0.259. The molecule has 5 atom stereocenters. The van der Waals surface area contributed by atoms with Crippen LogP contribution in [0.25, 0.3) is 0 Å². The Morgan fingerprint density at radius 1 is 0.800 bits per heavy atom. The van der Waals surface area contributed by atoms with Gasteiger partial charge in [-0.15, -0.1) is 0 Å². The summed E-state index contributed by atoms with van der Waals surface area (Å²) in [5.41, 5.74) is -0.271. The van der Waals surface area contributed by atoms with E-state index in [-0.39, 0.29) is 6.61 Å². The minimum Gasteiger partial charge on any atom is -0.497 e. The fourth-order valence-electron chi connectivity index (χ4n) is 5.05. The number of nitrogens with zero attached hydrogens (tertiary/aromatic N) is 1. The number of aliphatic hydroxyl groups excluding tert-OH is 3. The van der Waals surface area contributed by atoms with Gasteiger partial charge in [-0.3, -0.25) is 14.3 Å². The number of aromatic amines is 1. The molecule has 0 aliphatic carbocycles. The van der Waals surface area contributed by atoms with Gasteiger partial charge in [0.2, 0.25) is 0 Å². The number of rotatable bonds is 8. The van der Waals surface area contributed by atoms with Crippen LogP contribution < -0.4 is 16.0 Å². The Bertz CT molecular complexity index is 1480. The summed E-state index contributed by atoms with van der Waals surface area (Å²) < 4.78 is 19.0. The molecule has 0 radical (unpaired) electrons. The van der Waals surface area contributed by atoms with Crippen LogP contribution in [0.1, 0.15) is 22.9 Å². The molecule has 1 aliphatic heterocycles. The molecular weight excluding hydrogens is 516 g/mol. The summed E-state index contributed by atoms with van der Waals surface area (Å²) in [7, 11) is 1.58. The normalized spacial score (nSPS) is 23.1. The van der Waals surface area contributed by atoms with Gasteiger partial charge in [-0.2, -0.15) is 0 Å². The zero-order valence-electron chi connectivity index (χ0n) is 21.7. The highest BCUT2D eigenvalue weighted by Gasteiger charge is 2.47. The predicted octanol–water partition coefficient (Wildman–Crippen LogP) is 1.53. The highest BCUT2D eigenvalue weighted by Crippen LogP contribution is 2.42. The van der Waals surface area contributed by atoms with E-state index in [1.54, 1.807) is 7.11 Å². The fourth-order valence-corrected chi connectivity index (χ4v) is 5.05. The molecule has 1 fully saturated rings. The van der Waals surface area contributed by atoms with Gasteiger partial charge in [0.25, 0.3) is 5.56 Å². The molecule has 1 aromatic heterocycles. The molecule has 0 unspecified atom stereocenters. The topological polar surface area (TPSA) is 143 Å². The Labute approximate surface area is 229 Å². The Morgan fingerprint density at radius 2 is 1.38 bits per heavy atom. The van der Waals surface area contributed by atoms with Crippen molar-refractivity contribution in [3.05, 3.63) is 135 Å². The van der Waals surface area contributed by atoms with Crippen molar-refractivity contribution in [2.24, 2.45) is 0 Å². The summed E-state index contributed by atoms with van der Waals surface area (Å²) in [5, 5.41) is 32.2. The minimum atomic E-state index is -1.66. The van der Waals surface area contributed by atoms with Crippen molar-refractivity contribution >= 4 is 0 Å². The molecule has 10 nitrogen and oxygen atoms in total. The predicted molar refractivity (Wildman–Crippen MR) is 145 cm³/mol. The molecule has 3 aromatic carbocycles. The van der Waals surface area contributed by atoms with E-state index < -0.39 is 47.5 Å². The number of hydrogen-bond donors (Lipinski definition) is 4. The van der Waals surface area contributed by atoms with Crippen LogP contribution in [0, 0.1) is 0 Å². The number of aromatic nitrogens is 2. The van der Waals surface area contributed by atoms with Gasteiger partial charge in [0, 0.05) is 12.3 Å². The fraction of sp³-hybridized carbons (Fsp3) is 0.267. The molecule has 1 saturated heterocycles. The van der Waals surface area contributed by atoms with E-state index in [1.807, 2.05) is 84.9 Å². The van der Waals surface area contributed by atoms with Crippen LogP contribution in [0.5, 0.6) is 5.75 Å². The third kappa shape index (κ3) is 5.10. The third-order valence-corrected chi connectivity index (χ3v) is 7.13. The third-order valence-electron chi connectivity index (χ3n) is 7.13. The average Bonchev–Trinajstić information content (AvgIpc) is 2.99. The highest BCUT2D eigenvalue weighted by molar-refractivity contribution is 5.48. The number of aliphatic hydroxyl groups is 3. The van der Waals surface area contributed by atoms with Gasteiger partial charge in [-0.25, -0.2) is 4.79 Å². The number of H-pyrrole nitrogens is 1. The monoisotopic (exact) mass is 546 g/mol. The van der Waals surface area contributed by atoms with Crippen molar-refractivity contribution in [2.45, 2.75) is 36.2 Å². The van der Waals surface area contributed by atoms with E-state index in [9.17, 15) is 24.9 Å². The lowest BCUT2D eigenvalue weighted by Crippen LogP contribution is -2.58. The van der Waals surface area contributed by atoms with Gasteiger partial charge >= 0.3 is 5.69 Å². The first kappa shape index (κ1) is 27.5. The van der Waals surface area contributed by atoms with Crippen LogP contribution in [-0.2, 0) is 15.1 Å². The maximum atomic E-state index is 12.4. The lowest BCUT2D eigenvalue weighted by Gasteiger charge is -2.43. The summed E-state index contributed by atoms with van der Waals surface area (Å²) in [6, 6.07) is 27.6. The van der Waals surface area contributed by atoms with E-state index in [0.717, 1.165) is 33.5 Å². The first-order chi connectivity index (χ1) is 19.3. The molecule has 2 heterocycles. The zero-order chi connectivity index (χ0) is 28.3. The summed E-state index contributed by atoms with van der Waals surface area (Å²) in [6.07, 6.45) is -6.23. The van der Waals surface area contributed by atoms with Crippen LogP contribution in [0.3, 0.4) is 0 Å². The number of nitrogens with one attached hydrogen (secondary N) is 1. The standard InChI is InChI=1S/C30H30N2O8/c1-38-22-14-12-21(13-15-22)30(19-8-4-2-5-9-19,20-10-6-3-7-11-20)39-18-23-25(34)26(35)27(36)28(40-23)32-17-16-24(33)31-29(32)37/h2-17,23,25-28,34-36H,18H2,1H3,(H,31,33,37)/t23-,25-,26+,27-,28-/m1/s1. The molecule has 40 heavy (non-hydrogen) atoms. The van der Waals surface area contributed by atoms with Crippen LogP contribution in [0.2, 0.25) is 0 Å². The van der Waals surface area contributed by atoms with Gasteiger partial charge < -0.3 is 29.5 Å². The quantitative estimate of drug-likeness (QED) is 0.244.